The fourth-order valence-electron chi connectivity index (χ4n) is 3.37. The third-order valence-corrected chi connectivity index (χ3v) is 15.3. The average Bonchev–Trinajstić information content (AvgIpc) is 2.88. The molecule has 8 nitrogen and oxygen atoms in total. The zero-order valence-corrected chi connectivity index (χ0v) is 30.7. The van der Waals surface area contributed by atoms with Gasteiger partial charge in [0.2, 0.25) is 0 Å². The quantitative estimate of drug-likeness (QED) is 0.0964. The molecule has 0 unspecified atom stereocenters. The monoisotopic (exact) mass is 676 g/mol. The minimum atomic E-state index is -2.40. The Balaban J connectivity index is -0.000000481. The van der Waals surface area contributed by atoms with Crippen LogP contribution in [0.5, 0.6) is 0 Å². The summed E-state index contributed by atoms with van der Waals surface area (Å²) in [5.74, 6) is 0. The van der Waals surface area contributed by atoms with E-state index in [1.807, 2.05) is 41.5 Å². The first-order valence-corrected chi connectivity index (χ1v) is 22.7. The molecule has 0 saturated carbocycles. The molecule has 2 radical (unpaired) electrons. The van der Waals surface area contributed by atoms with Crippen molar-refractivity contribution in [2.24, 2.45) is 11.5 Å². The Kier molecular flexibility index (Phi) is 37.9. The number of rotatable bonds is 24. The van der Waals surface area contributed by atoms with Crippen molar-refractivity contribution in [2.75, 3.05) is 52.7 Å². The van der Waals surface area contributed by atoms with E-state index in [0.29, 0.717) is 52.7 Å². The zero-order valence-electron chi connectivity index (χ0n) is 25.8. The predicted octanol–water partition coefficient (Wildman–Crippen LogP) is 5.89. The van der Waals surface area contributed by atoms with Crippen LogP contribution in [-0.2, 0) is 26.6 Å². The molecule has 0 aromatic carbocycles. The van der Waals surface area contributed by atoms with Crippen molar-refractivity contribution in [1.29, 1.82) is 0 Å². The maximum Gasteiger partial charge on any atom is 0.500 e. The molecule has 0 aliphatic carbocycles. The molecule has 0 fully saturated rings. The maximum atomic E-state index is 5.65. The molecule has 0 aromatic rings. The third kappa shape index (κ3) is 26.9. The topological polar surface area (TPSA) is 107 Å². The second kappa shape index (κ2) is 33.1. The van der Waals surface area contributed by atoms with Gasteiger partial charge in [-0.1, -0.05) is 0 Å². The largest absolute Gasteiger partial charge is 0.500 e. The minimum absolute atomic E-state index is 0.149. The van der Waals surface area contributed by atoms with Crippen LogP contribution in [0, 0.1) is 0 Å². The average molecular weight is 676 g/mol. The molecule has 37 heavy (non-hydrogen) atoms. The van der Waals surface area contributed by atoms with Crippen LogP contribution in [-0.4, -0.2) is 91.5 Å². The SMILES string of the molecule is CCC[CH2][Sn][CH2]CCC.CCO[Si](CCCN)(OCC)OCC.CCO[Si](CCCN)(OCC)OCC. The summed E-state index contributed by atoms with van der Waals surface area (Å²) >= 11 is 0.149. The van der Waals surface area contributed by atoms with E-state index in [1.165, 1.54) is 25.7 Å². The Morgan fingerprint density at radius 3 is 0.919 bits per heavy atom. The van der Waals surface area contributed by atoms with E-state index in [9.17, 15) is 0 Å². The van der Waals surface area contributed by atoms with Crippen LogP contribution in [0.15, 0.2) is 0 Å². The standard InChI is InChI=1S/2C9H23NO3Si.2C4H9.Sn/c2*1-4-11-14(12-5-2,13-6-3)9-7-8-10;2*1-3-4-2;/h2*4-10H2,1-3H3;2*1,3-4H2,2H3;. The summed E-state index contributed by atoms with van der Waals surface area (Å²) in [5.41, 5.74) is 11.0. The van der Waals surface area contributed by atoms with Gasteiger partial charge in [-0.05, 0) is 67.5 Å². The maximum absolute atomic E-state index is 5.65. The van der Waals surface area contributed by atoms with Crippen molar-refractivity contribution in [3.05, 3.63) is 0 Å². The van der Waals surface area contributed by atoms with Crippen molar-refractivity contribution in [3.8, 4) is 0 Å². The van der Waals surface area contributed by atoms with Crippen LogP contribution in [0.4, 0.5) is 0 Å². The second-order valence-corrected chi connectivity index (χ2v) is 18.0. The number of nitrogens with two attached hydrogens (primary N) is 2. The van der Waals surface area contributed by atoms with Crippen molar-refractivity contribution >= 4 is 38.8 Å². The van der Waals surface area contributed by atoms with Gasteiger partial charge in [0.25, 0.3) is 0 Å². The molecule has 4 N–H and O–H groups in total. The van der Waals surface area contributed by atoms with Crippen LogP contribution >= 0.6 is 0 Å². The normalized spacial score (nSPS) is 11.5. The predicted molar refractivity (Wildman–Crippen MR) is 163 cm³/mol. The Hall–Kier alpha value is 0.912. The first-order chi connectivity index (χ1) is 17.9. The molecule has 11 heteroatoms. The molecule has 226 valence electrons. The molecular formula is C26H64N2O6Si2Sn. The first kappa shape index (κ1) is 42.4. The molecule has 0 aliphatic heterocycles. The summed E-state index contributed by atoms with van der Waals surface area (Å²) in [4.78, 5) is 0. The van der Waals surface area contributed by atoms with Crippen LogP contribution in [0.3, 0.4) is 0 Å². The first-order valence-electron chi connectivity index (χ1n) is 14.8. The van der Waals surface area contributed by atoms with E-state index < -0.39 is 17.6 Å². The van der Waals surface area contributed by atoms with Gasteiger partial charge in [0.05, 0.1) is 0 Å². The van der Waals surface area contributed by atoms with E-state index in [1.54, 1.807) is 8.87 Å². The molecule has 0 aliphatic rings. The summed E-state index contributed by atoms with van der Waals surface area (Å²) in [6, 6.07) is 1.64. The third-order valence-electron chi connectivity index (χ3n) is 4.97. The van der Waals surface area contributed by atoms with Crippen LogP contribution < -0.4 is 11.5 Å². The summed E-state index contributed by atoms with van der Waals surface area (Å²) in [6.07, 6.45) is 7.63. The van der Waals surface area contributed by atoms with Gasteiger partial charge < -0.3 is 38.0 Å². The van der Waals surface area contributed by atoms with E-state index >= 15 is 0 Å². The van der Waals surface area contributed by atoms with E-state index in [4.69, 9.17) is 38.0 Å². The van der Waals surface area contributed by atoms with E-state index in [0.717, 1.165) is 24.9 Å². The molecule has 0 atom stereocenters. The molecule has 0 aromatic heterocycles. The van der Waals surface area contributed by atoms with E-state index in [-0.39, 0.29) is 21.1 Å². The molecule has 0 spiro atoms. The molecule has 0 bridgehead atoms. The van der Waals surface area contributed by atoms with Crippen molar-refractivity contribution in [1.82, 2.24) is 0 Å². The smallest absolute Gasteiger partial charge is 0.374 e. The Bertz CT molecular complexity index is 362. The van der Waals surface area contributed by atoms with Gasteiger partial charge in [-0.2, -0.15) is 0 Å². The summed E-state index contributed by atoms with van der Waals surface area (Å²) in [7, 11) is -4.79. The van der Waals surface area contributed by atoms with Gasteiger partial charge in [-0.3, -0.25) is 0 Å². The van der Waals surface area contributed by atoms with Crippen LogP contribution in [0.25, 0.3) is 0 Å². The molecule has 0 rings (SSSR count). The minimum Gasteiger partial charge on any atom is -0.374 e. The molecule has 0 saturated heterocycles. The van der Waals surface area contributed by atoms with Gasteiger partial charge in [0, 0.05) is 51.7 Å². The summed E-state index contributed by atoms with van der Waals surface area (Å²) in [6.45, 7) is 21.5. The fourth-order valence-corrected chi connectivity index (χ4v) is 12.8. The van der Waals surface area contributed by atoms with Gasteiger partial charge in [0.15, 0.2) is 0 Å². The van der Waals surface area contributed by atoms with Gasteiger partial charge >= 0.3 is 87.2 Å². The van der Waals surface area contributed by atoms with Gasteiger partial charge in [-0.15, -0.1) is 0 Å². The molecule has 0 amide bonds. The Morgan fingerprint density at radius 1 is 0.459 bits per heavy atom. The number of hydrogen-bond acceptors (Lipinski definition) is 8. The van der Waals surface area contributed by atoms with Crippen molar-refractivity contribution in [2.45, 2.75) is 115 Å². The van der Waals surface area contributed by atoms with Gasteiger partial charge in [-0.25, -0.2) is 0 Å². The molecule has 0 heterocycles. The molecular weight excluding hydrogens is 611 g/mol. The number of unbranched alkanes of at least 4 members (excludes halogenated alkanes) is 2. The second-order valence-electron chi connectivity index (χ2n) is 8.21. The fraction of sp³-hybridized carbons (Fsp3) is 1.00. The summed E-state index contributed by atoms with van der Waals surface area (Å²) < 4.78 is 37.2. The Labute approximate surface area is 243 Å². The zero-order chi connectivity index (χ0) is 28.7. The summed E-state index contributed by atoms with van der Waals surface area (Å²) in [5, 5.41) is 0. The van der Waals surface area contributed by atoms with Crippen molar-refractivity contribution < 1.29 is 26.6 Å². The van der Waals surface area contributed by atoms with Crippen LogP contribution in [0.2, 0.25) is 21.0 Å². The number of hydrogen-bond donors (Lipinski definition) is 2. The van der Waals surface area contributed by atoms with Crippen LogP contribution in [0.1, 0.15) is 93.9 Å². The van der Waals surface area contributed by atoms with Gasteiger partial charge in [0.1, 0.15) is 0 Å². The Morgan fingerprint density at radius 2 is 0.730 bits per heavy atom. The van der Waals surface area contributed by atoms with E-state index in [2.05, 4.69) is 13.8 Å². The van der Waals surface area contributed by atoms with Crippen molar-refractivity contribution in [3.63, 3.8) is 0 Å².